The van der Waals surface area contributed by atoms with E-state index in [9.17, 15) is 4.79 Å². The van der Waals surface area contributed by atoms with Gasteiger partial charge in [-0.15, -0.1) is 0 Å². The molecule has 1 aromatic rings. The second kappa shape index (κ2) is 6.33. The molecule has 5 aliphatic carbocycles. The molecule has 3 nitrogen and oxygen atoms in total. The van der Waals surface area contributed by atoms with E-state index in [0.29, 0.717) is 23.4 Å². The molecule has 1 aliphatic heterocycles. The van der Waals surface area contributed by atoms with E-state index in [4.69, 9.17) is 0 Å². The van der Waals surface area contributed by atoms with Crippen molar-refractivity contribution in [3.8, 4) is 0 Å². The largest absolute Gasteiger partial charge is 0.351 e. The molecule has 7 rings (SSSR count). The minimum absolute atomic E-state index is 0.133. The summed E-state index contributed by atoms with van der Waals surface area (Å²) in [6, 6.07) is 12.1. The summed E-state index contributed by atoms with van der Waals surface area (Å²) in [6.07, 6.45) is 12.3. The smallest absolute Gasteiger partial charge is 0.226 e. The number of fused-ring (bicyclic) bond motifs is 2. The van der Waals surface area contributed by atoms with Crippen LogP contribution >= 0.6 is 0 Å². The van der Waals surface area contributed by atoms with Crippen LogP contribution in [0.4, 0.5) is 0 Å². The zero-order valence-corrected chi connectivity index (χ0v) is 17.9. The highest BCUT2D eigenvalue weighted by molar-refractivity contribution is 5.84. The number of amides is 1. The Kier molecular flexibility index (Phi) is 4.02. The molecule has 0 radical (unpaired) electrons. The van der Waals surface area contributed by atoms with E-state index in [-0.39, 0.29) is 10.8 Å². The molecule has 29 heavy (non-hydrogen) atoms. The lowest BCUT2D eigenvalue weighted by Gasteiger charge is -2.66. The number of carbonyl (C=O) groups excluding carboxylic acids is 1. The summed E-state index contributed by atoms with van der Waals surface area (Å²) < 4.78 is 0. The molecule has 6 bridgehead atoms. The van der Waals surface area contributed by atoms with Crippen LogP contribution in [-0.2, 0) is 10.2 Å². The Morgan fingerprint density at radius 1 is 1.07 bits per heavy atom. The number of rotatable bonds is 5. The summed E-state index contributed by atoms with van der Waals surface area (Å²) in [5.41, 5.74) is 1.98. The van der Waals surface area contributed by atoms with Crippen LogP contribution in [0.25, 0.3) is 0 Å². The average Bonchev–Trinajstić information content (AvgIpc) is 3.31. The first-order valence-corrected chi connectivity index (χ1v) is 12.1. The summed E-state index contributed by atoms with van der Waals surface area (Å²) >= 11 is 0. The highest BCUT2D eigenvalue weighted by Gasteiger charge is 2.65. The third-order valence-corrected chi connectivity index (χ3v) is 9.48. The van der Waals surface area contributed by atoms with Crippen molar-refractivity contribution in [1.29, 1.82) is 0 Å². The SMILES string of the molecule is CCC[C@@]12CC3CC(C(=O)NC4CC5CNC4C5)(C1)C[C@](c1ccccc1)(C3)C2. The van der Waals surface area contributed by atoms with Gasteiger partial charge >= 0.3 is 0 Å². The number of piperidine rings is 1. The second-order valence-electron chi connectivity index (χ2n) is 11.6. The van der Waals surface area contributed by atoms with Crippen LogP contribution in [0.15, 0.2) is 30.3 Å². The third kappa shape index (κ3) is 2.76. The Morgan fingerprint density at radius 3 is 2.66 bits per heavy atom. The van der Waals surface area contributed by atoms with Crippen molar-refractivity contribution in [3.05, 3.63) is 35.9 Å². The molecule has 7 atom stereocenters. The summed E-state index contributed by atoms with van der Waals surface area (Å²) in [5.74, 6) is 1.91. The first-order valence-electron chi connectivity index (χ1n) is 12.1. The molecular weight excluding hydrogens is 356 g/mol. The molecule has 5 saturated carbocycles. The minimum atomic E-state index is -0.133. The van der Waals surface area contributed by atoms with Gasteiger partial charge in [0.25, 0.3) is 0 Å². The maximum Gasteiger partial charge on any atom is 0.226 e. The predicted molar refractivity (Wildman–Crippen MR) is 116 cm³/mol. The molecule has 2 N–H and O–H groups in total. The summed E-state index contributed by atoms with van der Waals surface area (Å²) in [7, 11) is 0. The number of hydrogen-bond acceptors (Lipinski definition) is 2. The van der Waals surface area contributed by atoms with E-state index in [1.165, 1.54) is 50.5 Å². The molecule has 5 unspecified atom stereocenters. The fourth-order valence-corrected chi connectivity index (χ4v) is 9.15. The van der Waals surface area contributed by atoms with Crippen molar-refractivity contribution in [1.82, 2.24) is 10.6 Å². The van der Waals surface area contributed by atoms with Crippen LogP contribution in [0.5, 0.6) is 0 Å². The monoisotopic (exact) mass is 392 g/mol. The maximum atomic E-state index is 13.9. The lowest BCUT2D eigenvalue weighted by molar-refractivity contribution is -0.164. The standard InChI is InChI=1S/C26H36N2O/c1-2-8-24-11-19-12-25(15-24,20-6-4-3-5-7-20)17-26(13-19,16-24)23(29)28-22-10-18-9-21(22)27-14-18/h3-7,18-19,21-22,27H,2,8-17H2,1H3,(H,28,29)/t18?,19?,21?,22?,24-,25-,26?/m0/s1. The van der Waals surface area contributed by atoms with Crippen LogP contribution in [0.2, 0.25) is 0 Å². The Bertz CT molecular complexity index is 808. The van der Waals surface area contributed by atoms with Gasteiger partial charge in [-0.05, 0) is 92.6 Å². The molecule has 156 valence electrons. The van der Waals surface area contributed by atoms with E-state index < -0.39 is 0 Å². The van der Waals surface area contributed by atoms with Gasteiger partial charge in [0.15, 0.2) is 0 Å². The Hall–Kier alpha value is -1.35. The third-order valence-electron chi connectivity index (χ3n) is 9.48. The van der Waals surface area contributed by atoms with Gasteiger partial charge in [0.1, 0.15) is 0 Å². The van der Waals surface area contributed by atoms with Crippen molar-refractivity contribution < 1.29 is 4.79 Å². The van der Waals surface area contributed by atoms with Crippen LogP contribution in [0.1, 0.15) is 76.7 Å². The quantitative estimate of drug-likeness (QED) is 0.771. The highest BCUT2D eigenvalue weighted by atomic mass is 16.2. The van der Waals surface area contributed by atoms with E-state index in [1.54, 1.807) is 0 Å². The zero-order valence-electron chi connectivity index (χ0n) is 17.9. The highest BCUT2D eigenvalue weighted by Crippen LogP contribution is 2.71. The number of benzene rings is 1. The molecule has 3 heteroatoms. The lowest BCUT2D eigenvalue weighted by atomic mass is 9.37. The van der Waals surface area contributed by atoms with E-state index >= 15 is 0 Å². The molecule has 1 amide bonds. The number of nitrogens with one attached hydrogen (secondary N) is 2. The Morgan fingerprint density at radius 2 is 1.93 bits per heavy atom. The van der Waals surface area contributed by atoms with Crippen LogP contribution in [-0.4, -0.2) is 24.5 Å². The van der Waals surface area contributed by atoms with Crippen molar-refractivity contribution in [2.45, 2.75) is 88.6 Å². The van der Waals surface area contributed by atoms with Crippen LogP contribution in [0.3, 0.4) is 0 Å². The first-order chi connectivity index (χ1) is 14.0. The molecule has 1 heterocycles. The zero-order chi connectivity index (χ0) is 19.7. The van der Waals surface area contributed by atoms with E-state index in [0.717, 1.165) is 37.6 Å². The van der Waals surface area contributed by atoms with E-state index in [1.807, 2.05) is 0 Å². The van der Waals surface area contributed by atoms with Gasteiger partial charge in [-0.2, -0.15) is 0 Å². The van der Waals surface area contributed by atoms with Crippen molar-refractivity contribution in [2.24, 2.45) is 22.7 Å². The van der Waals surface area contributed by atoms with Crippen LogP contribution < -0.4 is 10.6 Å². The van der Waals surface area contributed by atoms with Crippen molar-refractivity contribution in [2.75, 3.05) is 6.54 Å². The van der Waals surface area contributed by atoms with Gasteiger partial charge in [0.05, 0.1) is 5.41 Å². The van der Waals surface area contributed by atoms with Gasteiger partial charge in [0.2, 0.25) is 5.91 Å². The molecular formula is C26H36N2O. The summed E-state index contributed by atoms with van der Waals surface area (Å²) in [4.78, 5) is 13.9. The number of carbonyl (C=O) groups is 1. The van der Waals surface area contributed by atoms with Gasteiger partial charge in [-0.25, -0.2) is 0 Å². The molecule has 6 fully saturated rings. The predicted octanol–water partition coefficient (Wildman–Crippen LogP) is 4.56. The topological polar surface area (TPSA) is 41.1 Å². The molecule has 1 saturated heterocycles. The Balaban J connectivity index is 1.34. The second-order valence-corrected chi connectivity index (χ2v) is 11.6. The molecule has 1 aromatic carbocycles. The first kappa shape index (κ1) is 18.4. The van der Waals surface area contributed by atoms with Gasteiger partial charge in [-0.1, -0.05) is 43.7 Å². The van der Waals surface area contributed by atoms with Crippen molar-refractivity contribution in [3.63, 3.8) is 0 Å². The molecule has 0 aromatic heterocycles. The lowest BCUT2D eigenvalue weighted by Crippen LogP contribution is -2.64. The van der Waals surface area contributed by atoms with Gasteiger partial charge < -0.3 is 10.6 Å². The average molecular weight is 393 g/mol. The summed E-state index contributed by atoms with van der Waals surface area (Å²) in [5, 5.41) is 7.23. The fourth-order valence-electron chi connectivity index (χ4n) is 9.15. The summed E-state index contributed by atoms with van der Waals surface area (Å²) in [6.45, 7) is 3.49. The van der Waals surface area contributed by atoms with Gasteiger partial charge in [-0.3, -0.25) is 4.79 Å². The fraction of sp³-hybridized carbons (Fsp3) is 0.731. The normalized spacial score (nSPS) is 46.9. The molecule has 0 spiro atoms. The maximum absolute atomic E-state index is 13.9. The Labute approximate surface area is 175 Å². The molecule has 6 aliphatic rings. The number of hydrogen-bond donors (Lipinski definition) is 2. The van der Waals surface area contributed by atoms with Crippen molar-refractivity contribution >= 4 is 5.91 Å². The van der Waals surface area contributed by atoms with Crippen LogP contribution in [0, 0.1) is 22.7 Å². The van der Waals surface area contributed by atoms with Gasteiger partial charge in [0, 0.05) is 12.1 Å². The minimum Gasteiger partial charge on any atom is -0.351 e. The van der Waals surface area contributed by atoms with E-state index in [2.05, 4.69) is 47.9 Å².